The van der Waals surface area contributed by atoms with Gasteiger partial charge in [0.15, 0.2) is 5.82 Å². The normalized spacial score (nSPS) is 15.1. The van der Waals surface area contributed by atoms with Gasteiger partial charge in [0.25, 0.3) is 11.8 Å². The summed E-state index contributed by atoms with van der Waals surface area (Å²) < 4.78 is 74.4. The fourth-order valence-electron chi connectivity index (χ4n) is 4.87. The summed E-state index contributed by atoms with van der Waals surface area (Å²) in [6.45, 7) is 6.60. The highest BCUT2D eigenvalue weighted by Crippen LogP contribution is 2.31. The third-order valence-corrected chi connectivity index (χ3v) is 7.82. The molecule has 2 heterocycles. The standard InChI is InChI=1S/C30H38N6O4.C4F6O2/c1-29(2,31)27(38)33-24(20-40-19-22-12-6-4-7-13-22)26(37)34-25-18-36(21-32-25)30(3,23-14-8-5-9-15-23)28(39)35-16-10-11-17-35;5-3(6,7)1(11)2(12)4(8,9)10/h4-9,12-15,18,21,24H,10-11,16-17,19-20,31H2,1-3H3,(H,33,38)(H,34,37);/t24-,30?;/m1./s1. The average molecular weight is 741 g/mol. The second-order valence-corrected chi connectivity index (χ2v) is 12.5. The van der Waals surface area contributed by atoms with E-state index in [1.807, 2.05) is 72.5 Å². The van der Waals surface area contributed by atoms with Crippen molar-refractivity contribution in [1.29, 1.82) is 0 Å². The molecule has 0 aliphatic carbocycles. The monoisotopic (exact) mass is 740 g/mol. The number of nitrogens with two attached hydrogens (primary N) is 1. The third kappa shape index (κ3) is 10.9. The predicted molar refractivity (Wildman–Crippen MR) is 174 cm³/mol. The van der Waals surface area contributed by atoms with E-state index in [0.717, 1.165) is 24.0 Å². The molecule has 12 nitrogen and oxygen atoms in total. The lowest BCUT2D eigenvalue weighted by Gasteiger charge is -2.34. The van der Waals surface area contributed by atoms with Crippen LogP contribution in [-0.2, 0) is 40.9 Å². The number of aromatic nitrogens is 2. The molecule has 1 aromatic heterocycles. The molecule has 4 rings (SSSR count). The van der Waals surface area contributed by atoms with Crippen LogP contribution in [0.15, 0.2) is 73.2 Å². The fraction of sp³-hybridized carbons (Fsp3) is 0.412. The van der Waals surface area contributed by atoms with Crippen LogP contribution in [0.1, 0.15) is 44.7 Å². The largest absolute Gasteiger partial charge is 0.458 e. The van der Waals surface area contributed by atoms with Crippen molar-refractivity contribution < 1.29 is 55.1 Å². The summed E-state index contributed by atoms with van der Waals surface area (Å²) in [4.78, 5) is 65.2. The maximum atomic E-state index is 13.8. The van der Waals surface area contributed by atoms with E-state index in [-0.39, 0.29) is 24.9 Å². The van der Waals surface area contributed by atoms with Crippen molar-refractivity contribution in [2.45, 2.75) is 69.7 Å². The average Bonchev–Trinajstić information content (AvgIpc) is 3.80. The van der Waals surface area contributed by atoms with Gasteiger partial charge in [-0.3, -0.25) is 24.0 Å². The van der Waals surface area contributed by atoms with Crippen LogP contribution in [-0.4, -0.2) is 87.4 Å². The molecule has 1 unspecified atom stereocenters. The van der Waals surface area contributed by atoms with Gasteiger partial charge in [0.05, 0.1) is 25.1 Å². The number of nitrogens with zero attached hydrogens (tertiary/aromatic N) is 3. The molecule has 1 saturated heterocycles. The minimum Gasteiger partial charge on any atom is -0.374 e. The molecule has 4 N–H and O–H groups in total. The van der Waals surface area contributed by atoms with E-state index >= 15 is 0 Å². The predicted octanol–water partition coefficient (Wildman–Crippen LogP) is 3.90. The number of ketones is 2. The van der Waals surface area contributed by atoms with Gasteiger partial charge in [0.2, 0.25) is 5.91 Å². The number of ether oxygens (including phenoxy) is 1. The third-order valence-electron chi connectivity index (χ3n) is 7.82. The maximum absolute atomic E-state index is 13.8. The zero-order valence-corrected chi connectivity index (χ0v) is 28.4. The summed E-state index contributed by atoms with van der Waals surface area (Å²) in [5.74, 6) is -7.60. The molecule has 1 aliphatic heterocycles. The minimum atomic E-state index is -5.77. The number of Topliss-reactive ketones (excluding diaryl/α,β-unsaturated/α-hetero) is 2. The number of carbonyl (C=O) groups is 5. The van der Waals surface area contributed by atoms with E-state index in [2.05, 4.69) is 15.6 Å². The van der Waals surface area contributed by atoms with Crippen LogP contribution < -0.4 is 16.4 Å². The van der Waals surface area contributed by atoms with E-state index in [4.69, 9.17) is 10.5 Å². The van der Waals surface area contributed by atoms with Crippen molar-refractivity contribution in [3.63, 3.8) is 0 Å². The van der Waals surface area contributed by atoms with Crippen molar-refractivity contribution in [1.82, 2.24) is 19.8 Å². The summed E-state index contributed by atoms with van der Waals surface area (Å²) >= 11 is 0. The molecule has 2 atom stereocenters. The quantitative estimate of drug-likeness (QED) is 0.186. The highest BCUT2D eigenvalue weighted by Gasteiger charge is 2.54. The molecule has 2 aromatic carbocycles. The summed E-state index contributed by atoms with van der Waals surface area (Å²) in [7, 11) is 0. The number of likely N-dealkylation sites (tertiary alicyclic amines) is 1. The zero-order valence-electron chi connectivity index (χ0n) is 28.4. The Morgan fingerprint density at radius 3 is 1.87 bits per heavy atom. The van der Waals surface area contributed by atoms with E-state index in [1.54, 1.807) is 30.9 Å². The van der Waals surface area contributed by atoms with Gasteiger partial charge in [-0.2, -0.15) is 26.3 Å². The number of halogens is 6. The number of alkyl halides is 6. The van der Waals surface area contributed by atoms with Crippen LogP contribution >= 0.6 is 0 Å². The van der Waals surface area contributed by atoms with Gasteiger partial charge in [-0.15, -0.1) is 0 Å². The Balaban J connectivity index is 0.000000521. The molecule has 282 valence electrons. The van der Waals surface area contributed by atoms with Crippen LogP contribution in [0.5, 0.6) is 0 Å². The summed E-state index contributed by atoms with van der Waals surface area (Å²) in [5, 5.41) is 5.45. The smallest absolute Gasteiger partial charge is 0.374 e. The zero-order chi connectivity index (χ0) is 38.9. The van der Waals surface area contributed by atoms with E-state index in [0.29, 0.717) is 13.1 Å². The van der Waals surface area contributed by atoms with Gasteiger partial charge in [-0.05, 0) is 44.7 Å². The number of carbonyl (C=O) groups excluding carboxylic acids is 5. The first-order chi connectivity index (χ1) is 24.2. The van der Waals surface area contributed by atoms with Crippen LogP contribution in [0.25, 0.3) is 0 Å². The SMILES string of the molecule is CC(C)(N)C(=O)N[C@H](COCc1ccccc1)C(=O)Nc1cn(C(C)(C(=O)N2CCCC2)c2ccccc2)cn1.O=C(C(=O)C(F)(F)F)C(F)(F)F. The van der Waals surface area contributed by atoms with Gasteiger partial charge in [0.1, 0.15) is 11.6 Å². The number of hydrogen-bond donors (Lipinski definition) is 3. The first-order valence-electron chi connectivity index (χ1n) is 15.8. The van der Waals surface area contributed by atoms with Gasteiger partial charge in [-0.1, -0.05) is 60.7 Å². The lowest BCUT2D eigenvalue weighted by Crippen LogP contribution is -2.56. The number of anilines is 1. The first-order valence-corrected chi connectivity index (χ1v) is 15.8. The number of hydrogen-bond acceptors (Lipinski definition) is 8. The van der Waals surface area contributed by atoms with Crippen molar-refractivity contribution in [2.75, 3.05) is 25.0 Å². The van der Waals surface area contributed by atoms with Crippen molar-refractivity contribution in [3.8, 4) is 0 Å². The molecule has 3 aromatic rings. The summed E-state index contributed by atoms with van der Waals surface area (Å²) in [6, 6.07) is 18.0. The van der Waals surface area contributed by atoms with Gasteiger partial charge >= 0.3 is 23.9 Å². The first kappa shape index (κ1) is 41.3. The van der Waals surface area contributed by atoms with Crippen LogP contribution in [0.3, 0.4) is 0 Å². The fourth-order valence-corrected chi connectivity index (χ4v) is 4.87. The summed E-state index contributed by atoms with van der Waals surface area (Å²) in [6.07, 6.45) is -6.42. The second kappa shape index (κ2) is 16.9. The van der Waals surface area contributed by atoms with E-state index in [1.165, 1.54) is 0 Å². The number of rotatable bonds is 12. The lowest BCUT2D eigenvalue weighted by atomic mass is 9.90. The molecule has 52 heavy (non-hydrogen) atoms. The van der Waals surface area contributed by atoms with Crippen molar-refractivity contribution in [2.24, 2.45) is 5.73 Å². The topological polar surface area (TPSA) is 166 Å². The molecule has 0 bridgehead atoms. The molecular weight excluding hydrogens is 702 g/mol. The Labute approximate surface area is 294 Å². The van der Waals surface area contributed by atoms with Crippen LogP contribution in [0, 0.1) is 0 Å². The number of benzene rings is 2. The van der Waals surface area contributed by atoms with Gasteiger partial charge < -0.3 is 30.6 Å². The van der Waals surface area contributed by atoms with Crippen LogP contribution in [0.4, 0.5) is 32.2 Å². The maximum Gasteiger partial charge on any atom is 0.458 e. The Hall–Kier alpha value is -5.10. The van der Waals surface area contributed by atoms with E-state index < -0.39 is 52.9 Å². The van der Waals surface area contributed by atoms with Gasteiger partial charge in [-0.25, -0.2) is 4.98 Å². The van der Waals surface area contributed by atoms with Crippen molar-refractivity contribution in [3.05, 3.63) is 84.3 Å². The van der Waals surface area contributed by atoms with Gasteiger partial charge in [0, 0.05) is 19.3 Å². The number of nitrogens with one attached hydrogen (secondary N) is 2. The van der Waals surface area contributed by atoms with Crippen LogP contribution in [0.2, 0.25) is 0 Å². The Bertz CT molecular complexity index is 1680. The molecule has 3 amide bonds. The minimum absolute atomic E-state index is 0.0314. The Morgan fingerprint density at radius 1 is 0.846 bits per heavy atom. The molecule has 1 fully saturated rings. The Morgan fingerprint density at radius 2 is 1.37 bits per heavy atom. The molecule has 1 aliphatic rings. The molecule has 18 heteroatoms. The molecular formula is C34H38F6N6O6. The second-order valence-electron chi connectivity index (χ2n) is 12.5. The van der Waals surface area contributed by atoms with Crippen molar-refractivity contribution >= 4 is 35.1 Å². The molecule has 0 saturated carbocycles. The molecule has 0 radical (unpaired) electrons. The molecule has 0 spiro atoms. The van der Waals surface area contributed by atoms with E-state index in [9.17, 15) is 50.3 Å². The Kier molecular flexibility index (Phi) is 13.5. The highest BCUT2D eigenvalue weighted by atomic mass is 19.4. The lowest BCUT2D eigenvalue weighted by molar-refractivity contribution is -0.193. The highest BCUT2D eigenvalue weighted by molar-refractivity contribution is 6.41. The number of imidazole rings is 1. The summed E-state index contributed by atoms with van der Waals surface area (Å²) in [5.41, 5.74) is 5.46. The number of amides is 3.